The maximum Gasteiger partial charge on any atom is 0.320 e. The zero-order valence-corrected chi connectivity index (χ0v) is 26.3. The Morgan fingerprint density at radius 1 is 1.02 bits per heavy atom. The topological polar surface area (TPSA) is 103 Å². The second kappa shape index (κ2) is 13.4. The van der Waals surface area contributed by atoms with Crippen LogP contribution < -0.4 is 14.8 Å². The van der Waals surface area contributed by atoms with E-state index >= 15 is 0 Å². The van der Waals surface area contributed by atoms with Gasteiger partial charge in [-0.3, -0.25) is 14.4 Å². The van der Waals surface area contributed by atoms with Crippen molar-refractivity contribution in [3.8, 4) is 11.5 Å². The predicted molar refractivity (Wildman–Crippen MR) is 165 cm³/mol. The lowest BCUT2D eigenvalue weighted by Crippen LogP contribution is -2.62. The van der Waals surface area contributed by atoms with Crippen LogP contribution in [0.4, 0.5) is 0 Å². The maximum absolute atomic E-state index is 14.3. The van der Waals surface area contributed by atoms with E-state index in [9.17, 15) is 14.4 Å². The van der Waals surface area contributed by atoms with Gasteiger partial charge in [0.1, 0.15) is 5.41 Å². The van der Waals surface area contributed by atoms with Crippen molar-refractivity contribution in [2.45, 2.75) is 64.7 Å². The SMILES string of the molecule is COC(=O)[C@]12C[C@H](CC(=O)NCc3ccccc3)C(=O)N(CCc3ccc(OC)c(OC)c3)C1=C[C@H](C(C)C)O[C@@H]2C1CC1. The average molecular weight is 605 g/mol. The third-order valence-electron chi connectivity index (χ3n) is 9.14. The molecule has 0 unspecified atom stereocenters. The van der Waals surface area contributed by atoms with Gasteiger partial charge in [0, 0.05) is 31.1 Å². The van der Waals surface area contributed by atoms with Crippen LogP contribution in [-0.2, 0) is 36.8 Å². The number of rotatable bonds is 12. The lowest BCUT2D eigenvalue weighted by molar-refractivity contribution is -0.182. The number of likely N-dealkylation sites (tertiary alicyclic amines) is 1. The van der Waals surface area contributed by atoms with Crippen molar-refractivity contribution >= 4 is 17.8 Å². The summed E-state index contributed by atoms with van der Waals surface area (Å²) in [5, 5.41) is 2.96. The third kappa shape index (κ3) is 6.34. The molecular formula is C35H44N2O7. The summed E-state index contributed by atoms with van der Waals surface area (Å²) >= 11 is 0. The van der Waals surface area contributed by atoms with Crippen LogP contribution >= 0.6 is 0 Å². The summed E-state index contributed by atoms with van der Waals surface area (Å²) in [6.07, 6.45) is 3.81. The Morgan fingerprint density at radius 3 is 2.39 bits per heavy atom. The molecule has 1 saturated heterocycles. The molecule has 1 saturated carbocycles. The van der Waals surface area contributed by atoms with Crippen molar-refractivity contribution in [2.75, 3.05) is 27.9 Å². The standard InChI is InChI=1S/C35H44N2O7/c1-22(2)28-19-30-35(34(40)43-5,32(44-28)25-12-13-25)20-26(18-31(38)36-21-24-9-7-6-8-10-24)33(39)37(30)16-15-23-11-14-27(41-3)29(17-23)42-4/h6-11,14,17,19,22,25-26,28,32H,12-13,15-16,18,20-21H2,1-5H3,(H,36,38)/t26-,28+,32+,35+/m0/s1. The van der Waals surface area contributed by atoms with E-state index in [1.165, 1.54) is 7.11 Å². The number of benzene rings is 2. The summed E-state index contributed by atoms with van der Waals surface area (Å²) in [6, 6.07) is 15.3. The first-order valence-electron chi connectivity index (χ1n) is 15.5. The molecule has 1 N–H and O–H groups in total. The summed E-state index contributed by atoms with van der Waals surface area (Å²) in [4.78, 5) is 43.3. The average Bonchev–Trinajstić information content (AvgIpc) is 3.88. The highest BCUT2D eigenvalue weighted by Crippen LogP contribution is 2.56. The molecule has 5 rings (SSSR count). The number of carbonyl (C=O) groups is 3. The fraction of sp³-hybridized carbons (Fsp3) is 0.514. The van der Waals surface area contributed by atoms with Crippen molar-refractivity contribution in [2.24, 2.45) is 23.2 Å². The minimum Gasteiger partial charge on any atom is -0.493 e. The second-order valence-corrected chi connectivity index (χ2v) is 12.4. The van der Waals surface area contributed by atoms with E-state index in [0.717, 1.165) is 24.0 Å². The molecule has 4 atom stereocenters. The molecule has 44 heavy (non-hydrogen) atoms. The van der Waals surface area contributed by atoms with Crippen molar-refractivity contribution < 1.29 is 33.3 Å². The number of fused-ring (bicyclic) bond motifs is 1. The molecule has 0 bridgehead atoms. The molecule has 9 nitrogen and oxygen atoms in total. The van der Waals surface area contributed by atoms with Gasteiger partial charge in [0.2, 0.25) is 11.8 Å². The lowest BCUT2D eigenvalue weighted by atomic mass is 9.64. The second-order valence-electron chi connectivity index (χ2n) is 12.4. The van der Waals surface area contributed by atoms with Gasteiger partial charge in [-0.05, 0) is 66.9 Å². The molecule has 0 radical (unpaired) electrons. The summed E-state index contributed by atoms with van der Waals surface area (Å²) in [5.74, 6) is 0.0242. The number of ether oxygens (including phenoxy) is 4. The number of carbonyl (C=O) groups excluding carboxylic acids is 3. The maximum atomic E-state index is 14.3. The molecule has 2 heterocycles. The van der Waals surface area contributed by atoms with Gasteiger partial charge in [0.05, 0.1) is 33.5 Å². The number of methoxy groups -OCH3 is 3. The highest BCUT2D eigenvalue weighted by molar-refractivity contribution is 5.93. The van der Waals surface area contributed by atoms with Gasteiger partial charge in [-0.25, -0.2) is 0 Å². The quantitative estimate of drug-likeness (QED) is 0.351. The van der Waals surface area contributed by atoms with Crippen LogP contribution in [-0.4, -0.2) is 62.8 Å². The Bertz CT molecular complexity index is 1390. The van der Waals surface area contributed by atoms with E-state index in [0.29, 0.717) is 36.7 Å². The zero-order chi connectivity index (χ0) is 31.4. The van der Waals surface area contributed by atoms with Gasteiger partial charge in [0.15, 0.2) is 11.5 Å². The molecule has 2 aromatic rings. The minimum absolute atomic E-state index is 0.0322. The summed E-state index contributed by atoms with van der Waals surface area (Å²) in [5.41, 5.74) is 1.39. The molecule has 0 spiro atoms. The van der Waals surface area contributed by atoms with Crippen LogP contribution in [0.25, 0.3) is 0 Å². The largest absolute Gasteiger partial charge is 0.493 e. The molecule has 1 aliphatic carbocycles. The molecule has 2 fully saturated rings. The Kier molecular flexibility index (Phi) is 9.63. The van der Waals surface area contributed by atoms with Crippen molar-refractivity contribution in [1.29, 1.82) is 0 Å². The van der Waals surface area contributed by atoms with Crippen LogP contribution in [0.1, 0.15) is 50.7 Å². The van der Waals surface area contributed by atoms with E-state index in [-0.39, 0.29) is 42.6 Å². The third-order valence-corrected chi connectivity index (χ3v) is 9.14. The van der Waals surface area contributed by atoms with Crippen molar-refractivity contribution in [3.05, 3.63) is 71.4 Å². The van der Waals surface area contributed by atoms with E-state index in [1.807, 2.05) is 54.6 Å². The number of piperidine rings is 1. The monoisotopic (exact) mass is 604 g/mol. The van der Waals surface area contributed by atoms with Gasteiger partial charge in [-0.2, -0.15) is 0 Å². The molecule has 236 valence electrons. The van der Waals surface area contributed by atoms with Crippen LogP contribution in [0, 0.1) is 23.2 Å². The first kappa shape index (κ1) is 31.6. The van der Waals surface area contributed by atoms with Crippen LogP contribution in [0.3, 0.4) is 0 Å². The lowest BCUT2D eigenvalue weighted by Gasteiger charge is -2.53. The molecule has 2 amide bonds. The summed E-state index contributed by atoms with van der Waals surface area (Å²) in [6.45, 7) is 4.84. The molecule has 2 aliphatic heterocycles. The van der Waals surface area contributed by atoms with Gasteiger partial charge in [-0.1, -0.05) is 50.2 Å². The van der Waals surface area contributed by atoms with Gasteiger partial charge >= 0.3 is 5.97 Å². The van der Waals surface area contributed by atoms with Gasteiger partial charge in [0.25, 0.3) is 0 Å². The Morgan fingerprint density at radius 2 is 1.75 bits per heavy atom. The van der Waals surface area contributed by atoms with Crippen LogP contribution in [0.15, 0.2) is 60.3 Å². The first-order chi connectivity index (χ1) is 21.2. The van der Waals surface area contributed by atoms with E-state index in [1.54, 1.807) is 19.1 Å². The normalized spacial score (nSPS) is 24.8. The van der Waals surface area contributed by atoms with Gasteiger partial charge < -0.3 is 29.2 Å². The fourth-order valence-corrected chi connectivity index (χ4v) is 6.65. The summed E-state index contributed by atoms with van der Waals surface area (Å²) in [7, 11) is 4.57. The Balaban J connectivity index is 1.49. The Hall–Kier alpha value is -3.85. The number of nitrogens with one attached hydrogen (secondary N) is 1. The predicted octanol–water partition coefficient (Wildman–Crippen LogP) is 4.68. The van der Waals surface area contributed by atoms with E-state index in [2.05, 4.69) is 19.2 Å². The molecular weight excluding hydrogens is 560 g/mol. The first-order valence-corrected chi connectivity index (χ1v) is 15.5. The molecule has 0 aromatic heterocycles. The molecule has 3 aliphatic rings. The van der Waals surface area contributed by atoms with Crippen LogP contribution in [0.2, 0.25) is 0 Å². The minimum atomic E-state index is -1.18. The fourth-order valence-electron chi connectivity index (χ4n) is 6.65. The van der Waals surface area contributed by atoms with Crippen molar-refractivity contribution in [1.82, 2.24) is 10.2 Å². The smallest absolute Gasteiger partial charge is 0.320 e. The number of esters is 1. The summed E-state index contributed by atoms with van der Waals surface area (Å²) < 4.78 is 23.1. The number of hydrogen-bond donors (Lipinski definition) is 1. The highest BCUT2D eigenvalue weighted by atomic mass is 16.5. The molecule has 9 heteroatoms. The van der Waals surface area contributed by atoms with Crippen LogP contribution in [0.5, 0.6) is 11.5 Å². The Labute approximate surface area is 259 Å². The zero-order valence-electron chi connectivity index (χ0n) is 26.3. The number of amides is 2. The molecule has 2 aromatic carbocycles. The van der Waals surface area contributed by atoms with Crippen molar-refractivity contribution in [3.63, 3.8) is 0 Å². The van der Waals surface area contributed by atoms with E-state index < -0.39 is 23.4 Å². The number of hydrogen-bond acceptors (Lipinski definition) is 7. The number of nitrogens with zero attached hydrogens (tertiary/aromatic N) is 1. The van der Waals surface area contributed by atoms with E-state index in [4.69, 9.17) is 18.9 Å². The van der Waals surface area contributed by atoms with Gasteiger partial charge in [-0.15, -0.1) is 0 Å². The highest BCUT2D eigenvalue weighted by Gasteiger charge is 2.63.